The van der Waals surface area contributed by atoms with Crippen molar-refractivity contribution in [2.45, 2.75) is 31.7 Å². The van der Waals surface area contributed by atoms with Gasteiger partial charge in [0.25, 0.3) is 11.8 Å². The van der Waals surface area contributed by atoms with Crippen molar-refractivity contribution in [3.8, 4) is 5.75 Å². The highest BCUT2D eigenvalue weighted by Crippen LogP contribution is 2.36. The number of hydrogen-bond donors (Lipinski definition) is 4. The summed E-state index contributed by atoms with van der Waals surface area (Å²) < 4.78 is 28.3. The third-order valence-electron chi connectivity index (χ3n) is 5.27. The largest absolute Gasteiger partial charge is 0.505 e. The molecule has 0 aliphatic carbocycles. The van der Waals surface area contributed by atoms with Gasteiger partial charge in [0.15, 0.2) is 11.6 Å². The number of nitrogens with zero attached hydrogens (tertiary/aromatic N) is 1. The Morgan fingerprint density at radius 2 is 2.10 bits per heavy atom. The molecule has 2 aromatic rings. The zero-order valence-corrected chi connectivity index (χ0v) is 16.9. The Hall–Kier alpha value is -3.46. The van der Waals surface area contributed by atoms with E-state index in [1.54, 1.807) is 0 Å². The van der Waals surface area contributed by atoms with Crippen LogP contribution in [0.3, 0.4) is 0 Å². The quantitative estimate of drug-likeness (QED) is 0.482. The van der Waals surface area contributed by atoms with Gasteiger partial charge in [-0.3, -0.25) is 14.5 Å². The normalized spacial score (nSPS) is 14.7. The van der Waals surface area contributed by atoms with E-state index >= 15 is 0 Å². The standard InChI is InChI=1S/C22H23F2N3O4/c1-3-4-8-22(31,21(30)25-2)27-12-16-15(20(27)29)9-14(23)10-17(16)26-11-13-6-5-7-18(28)19(13)24/h3,5-7,9-10,26,28,31H,1,4,8,11-12H2,2H3,(H,25,30). The molecule has 0 aromatic heterocycles. The van der Waals surface area contributed by atoms with Crippen LogP contribution in [-0.4, -0.2) is 39.7 Å². The molecule has 0 spiro atoms. The fraction of sp³-hybridized carbons (Fsp3) is 0.273. The van der Waals surface area contributed by atoms with Gasteiger partial charge in [-0.15, -0.1) is 6.58 Å². The minimum Gasteiger partial charge on any atom is -0.505 e. The Kier molecular flexibility index (Phi) is 6.26. The highest BCUT2D eigenvalue weighted by atomic mass is 19.1. The first-order valence-corrected chi connectivity index (χ1v) is 9.63. The second-order valence-corrected chi connectivity index (χ2v) is 7.20. The number of phenols is 1. The number of amides is 2. The summed E-state index contributed by atoms with van der Waals surface area (Å²) in [6.45, 7) is 3.34. The first kappa shape index (κ1) is 22.2. The average molecular weight is 431 g/mol. The lowest BCUT2D eigenvalue weighted by Crippen LogP contribution is -2.58. The third-order valence-corrected chi connectivity index (χ3v) is 5.27. The zero-order valence-electron chi connectivity index (χ0n) is 16.9. The molecule has 1 heterocycles. The Balaban J connectivity index is 1.94. The van der Waals surface area contributed by atoms with Gasteiger partial charge in [0.1, 0.15) is 5.82 Å². The molecule has 31 heavy (non-hydrogen) atoms. The molecule has 9 heteroatoms. The van der Waals surface area contributed by atoms with E-state index in [4.69, 9.17) is 0 Å². The summed E-state index contributed by atoms with van der Waals surface area (Å²) in [4.78, 5) is 26.4. The minimum atomic E-state index is -2.15. The van der Waals surface area contributed by atoms with Crippen LogP contribution in [-0.2, 0) is 17.9 Å². The Bertz CT molecular complexity index is 1040. The highest BCUT2D eigenvalue weighted by Gasteiger charge is 2.48. The van der Waals surface area contributed by atoms with Crippen molar-refractivity contribution in [1.82, 2.24) is 10.2 Å². The molecular weight excluding hydrogens is 408 g/mol. The van der Waals surface area contributed by atoms with Gasteiger partial charge in [-0.2, -0.15) is 0 Å². The zero-order chi connectivity index (χ0) is 22.8. The lowest BCUT2D eigenvalue weighted by molar-refractivity contribution is -0.159. The molecule has 0 bridgehead atoms. The summed E-state index contributed by atoms with van der Waals surface area (Å²) in [6, 6.07) is 6.32. The van der Waals surface area contributed by atoms with Gasteiger partial charge in [-0.05, 0) is 24.6 Å². The van der Waals surface area contributed by atoms with Gasteiger partial charge >= 0.3 is 0 Å². The van der Waals surface area contributed by atoms with Crippen molar-refractivity contribution in [3.63, 3.8) is 0 Å². The van der Waals surface area contributed by atoms with Crippen LogP contribution in [0, 0.1) is 11.6 Å². The van der Waals surface area contributed by atoms with Crippen LogP contribution < -0.4 is 10.6 Å². The molecule has 0 radical (unpaired) electrons. The van der Waals surface area contributed by atoms with E-state index < -0.39 is 34.9 Å². The maximum absolute atomic E-state index is 14.2. The Labute approximate surface area is 178 Å². The van der Waals surface area contributed by atoms with Crippen LogP contribution in [0.1, 0.15) is 34.3 Å². The predicted octanol–water partition coefficient (Wildman–Crippen LogP) is 2.64. The average Bonchev–Trinajstić information content (AvgIpc) is 3.09. The number of hydrogen-bond acceptors (Lipinski definition) is 5. The maximum Gasteiger partial charge on any atom is 0.273 e. The molecular formula is C22H23F2N3O4. The smallest absolute Gasteiger partial charge is 0.273 e. The van der Waals surface area contributed by atoms with E-state index in [0.29, 0.717) is 5.56 Å². The number of likely N-dealkylation sites (N-methyl/N-ethyl adjacent to an activating group) is 1. The molecule has 0 fully saturated rings. The van der Waals surface area contributed by atoms with Gasteiger partial charge in [-0.1, -0.05) is 18.2 Å². The van der Waals surface area contributed by atoms with Crippen molar-refractivity contribution in [2.75, 3.05) is 12.4 Å². The van der Waals surface area contributed by atoms with Gasteiger partial charge in [0, 0.05) is 42.4 Å². The van der Waals surface area contributed by atoms with E-state index in [9.17, 15) is 28.6 Å². The van der Waals surface area contributed by atoms with Crippen molar-refractivity contribution in [1.29, 1.82) is 0 Å². The van der Waals surface area contributed by atoms with Gasteiger partial charge < -0.3 is 20.8 Å². The number of carbonyl (C=O) groups excluding carboxylic acids is 2. The molecule has 1 unspecified atom stereocenters. The second kappa shape index (κ2) is 8.73. The number of aromatic hydroxyl groups is 1. The summed E-state index contributed by atoms with van der Waals surface area (Å²) >= 11 is 0. The number of halogens is 2. The molecule has 7 nitrogen and oxygen atoms in total. The number of allylic oxidation sites excluding steroid dienone is 1. The molecule has 1 aliphatic rings. The molecule has 2 aromatic carbocycles. The number of benzene rings is 2. The van der Waals surface area contributed by atoms with E-state index in [2.05, 4.69) is 17.2 Å². The summed E-state index contributed by atoms with van der Waals surface area (Å²) in [5.74, 6) is -3.49. The summed E-state index contributed by atoms with van der Waals surface area (Å²) in [5.41, 5.74) is -1.42. The van der Waals surface area contributed by atoms with E-state index in [-0.39, 0.29) is 42.7 Å². The number of fused-ring (bicyclic) bond motifs is 1. The van der Waals surface area contributed by atoms with Crippen LogP contribution in [0.4, 0.5) is 14.5 Å². The lowest BCUT2D eigenvalue weighted by Gasteiger charge is -2.35. The highest BCUT2D eigenvalue weighted by molar-refractivity contribution is 6.03. The van der Waals surface area contributed by atoms with Crippen molar-refractivity contribution < 1.29 is 28.6 Å². The molecule has 3 rings (SSSR count). The lowest BCUT2D eigenvalue weighted by atomic mass is 10.0. The van der Waals surface area contributed by atoms with Crippen LogP contribution in [0.2, 0.25) is 0 Å². The molecule has 1 atom stereocenters. The number of anilines is 1. The van der Waals surface area contributed by atoms with Crippen molar-refractivity contribution in [3.05, 3.63) is 71.3 Å². The third kappa shape index (κ3) is 4.09. The number of aliphatic hydroxyl groups is 1. The number of nitrogens with one attached hydrogen (secondary N) is 2. The number of phenolic OH excluding ortho intramolecular Hbond substituents is 1. The molecule has 0 saturated heterocycles. The van der Waals surface area contributed by atoms with Crippen molar-refractivity contribution >= 4 is 17.5 Å². The monoisotopic (exact) mass is 431 g/mol. The number of rotatable bonds is 8. The fourth-order valence-corrected chi connectivity index (χ4v) is 3.60. The SMILES string of the molecule is C=CCCC(O)(C(=O)NC)N1Cc2c(NCc3cccc(O)c3F)cc(F)cc2C1=O. The van der Waals surface area contributed by atoms with Crippen LogP contribution in [0.25, 0.3) is 0 Å². The first-order chi connectivity index (χ1) is 14.7. The van der Waals surface area contributed by atoms with Crippen LogP contribution in [0.5, 0.6) is 5.75 Å². The van der Waals surface area contributed by atoms with E-state index in [1.165, 1.54) is 31.3 Å². The molecule has 2 amide bonds. The van der Waals surface area contributed by atoms with Crippen molar-refractivity contribution in [2.24, 2.45) is 0 Å². The van der Waals surface area contributed by atoms with E-state index in [0.717, 1.165) is 17.0 Å². The summed E-state index contributed by atoms with van der Waals surface area (Å²) in [6.07, 6.45) is 1.69. The van der Waals surface area contributed by atoms with E-state index in [1.807, 2.05) is 0 Å². The van der Waals surface area contributed by atoms with Crippen LogP contribution in [0.15, 0.2) is 43.0 Å². The number of carbonyl (C=O) groups is 2. The maximum atomic E-state index is 14.2. The first-order valence-electron chi connectivity index (χ1n) is 9.63. The predicted molar refractivity (Wildman–Crippen MR) is 110 cm³/mol. The minimum absolute atomic E-state index is 0.000174. The molecule has 0 saturated carbocycles. The summed E-state index contributed by atoms with van der Waals surface area (Å²) in [5, 5.41) is 25.8. The fourth-order valence-electron chi connectivity index (χ4n) is 3.60. The topological polar surface area (TPSA) is 102 Å². The molecule has 1 aliphatic heterocycles. The van der Waals surface area contributed by atoms with Gasteiger partial charge in [-0.25, -0.2) is 8.78 Å². The molecule has 4 N–H and O–H groups in total. The second-order valence-electron chi connectivity index (χ2n) is 7.20. The molecule has 164 valence electrons. The van der Waals surface area contributed by atoms with Gasteiger partial charge in [0.2, 0.25) is 5.72 Å². The Morgan fingerprint density at radius 3 is 2.77 bits per heavy atom. The Morgan fingerprint density at radius 1 is 1.35 bits per heavy atom. The van der Waals surface area contributed by atoms with Gasteiger partial charge in [0.05, 0.1) is 6.54 Å². The van der Waals surface area contributed by atoms with Crippen LogP contribution >= 0.6 is 0 Å². The summed E-state index contributed by atoms with van der Waals surface area (Å²) in [7, 11) is 1.34.